The lowest BCUT2D eigenvalue weighted by Gasteiger charge is -2.27. The SMILES string of the molecule is CC(C)C[C@H](NC(=O)[C@H](Cc1ccccc1)NC(=O)CNC(=O)[C@@H](CO)NC(=O)[C@@H](N)Cc1ccc(O)cc1)C(=O)N[C@H](C(=O)O)[C@H](O)C(F)(F)F. The van der Waals surface area contributed by atoms with Crippen molar-refractivity contribution in [3.8, 4) is 5.75 Å². The standard InChI is InChI=1S/C33H43F3N6O10/c1-17(2)12-22(31(50)42-26(32(51)52)27(46)33(34,35)36)40-30(49)23(14-18-6-4-3-5-7-18)39-25(45)15-38-29(48)24(16-43)41-28(47)21(37)13-19-8-10-20(44)11-9-19/h3-11,17,21-24,26-27,43-44,46H,12-16,37H2,1-2H3,(H,38,48)(H,39,45)(H,40,49)(H,41,47)(H,42,50)(H,51,52)/t21-,22-,23-,24+,26-,27-/m0/s1. The van der Waals surface area contributed by atoms with Crippen molar-refractivity contribution in [1.82, 2.24) is 26.6 Å². The lowest BCUT2D eigenvalue weighted by atomic mass is 10.00. The Morgan fingerprint density at radius 3 is 1.85 bits per heavy atom. The Labute approximate surface area is 296 Å². The number of aliphatic hydroxyl groups excluding tert-OH is 2. The van der Waals surface area contributed by atoms with E-state index in [1.54, 1.807) is 61.6 Å². The molecular formula is C33H43F3N6O10. The van der Waals surface area contributed by atoms with Gasteiger partial charge in [0.1, 0.15) is 23.9 Å². The number of nitrogens with one attached hydrogen (secondary N) is 5. The summed E-state index contributed by atoms with van der Waals surface area (Å²) in [6.45, 7) is 1.60. The minimum absolute atomic E-state index is 0.00748. The second-order valence-corrected chi connectivity index (χ2v) is 12.3. The van der Waals surface area contributed by atoms with Crippen molar-refractivity contribution in [2.45, 2.75) is 75.6 Å². The largest absolute Gasteiger partial charge is 0.508 e. The first kappa shape index (κ1) is 42.9. The van der Waals surface area contributed by atoms with E-state index in [0.29, 0.717) is 11.1 Å². The molecule has 0 spiro atoms. The van der Waals surface area contributed by atoms with Gasteiger partial charge in [-0.1, -0.05) is 56.3 Å². The topological polar surface area (TPSA) is 270 Å². The van der Waals surface area contributed by atoms with E-state index in [2.05, 4.69) is 21.3 Å². The molecular weight excluding hydrogens is 697 g/mol. The lowest BCUT2D eigenvalue weighted by molar-refractivity contribution is -0.215. The number of aliphatic hydroxyl groups is 2. The minimum Gasteiger partial charge on any atom is -0.508 e. The molecule has 0 saturated carbocycles. The van der Waals surface area contributed by atoms with E-state index in [4.69, 9.17) is 5.73 Å². The molecule has 11 N–H and O–H groups in total. The van der Waals surface area contributed by atoms with Crippen molar-refractivity contribution in [2.75, 3.05) is 13.2 Å². The Bertz CT molecular complexity index is 1530. The van der Waals surface area contributed by atoms with Crippen molar-refractivity contribution in [3.63, 3.8) is 0 Å². The predicted molar refractivity (Wildman–Crippen MR) is 177 cm³/mol. The van der Waals surface area contributed by atoms with Crippen molar-refractivity contribution < 1.29 is 62.4 Å². The maximum atomic E-state index is 13.5. The van der Waals surface area contributed by atoms with E-state index in [1.165, 1.54) is 12.1 Å². The Morgan fingerprint density at radius 1 is 0.750 bits per heavy atom. The molecule has 0 aliphatic carbocycles. The van der Waals surface area contributed by atoms with Gasteiger partial charge in [-0.05, 0) is 42.0 Å². The first-order valence-electron chi connectivity index (χ1n) is 16.0. The number of amides is 5. The molecule has 19 heteroatoms. The first-order chi connectivity index (χ1) is 24.3. The number of phenols is 1. The summed E-state index contributed by atoms with van der Waals surface area (Å²) in [4.78, 5) is 76.2. The van der Waals surface area contributed by atoms with Crippen molar-refractivity contribution in [1.29, 1.82) is 0 Å². The van der Waals surface area contributed by atoms with Crippen LogP contribution in [-0.2, 0) is 41.6 Å². The number of carboxylic acid groups (broad SMARTS) is 1. The quantitative estimate of drug-likeness (QED) is 0.0801. The normalized spacial score (nSPS) is 14.9. The van der Waals surface area contributed by atoms with Gasteiger partial charge < -0.3 is 52.7 Å². The number of carbonyl (C=O) groups excluding carboxylic acids is 5. The number of hydrogen-bond acceptors (Lipinski definition) is 10. The highest BCUT2D eigenvalue weighted by Crippen LogP contribution is 2.23. The van der Waals surface area contributed by atoms with Gasteiger partial charge in [-0.3, -0.25) is 24.0 Å². The zero-order valence-electron chi connectivity index (χ0n) is 28.2. The van der Waals surface area contributed by atoms with Gasteiger partial charge in [0.15, 0.2) is 12.1 Å². The fourth-order valence-electron chi connectivity index (χ4n) is 4.74. The average Bonchev–Trinajstić information content (AvgIpc) is 3.07. The Morgan fingerprint density at radius 2 is 1.31 bits per heavy atom. The summed E-state index contributed by atoms with van der Waals surface area (Å²) in [5.74, 6) is -7.56. The highest BCUT2D eigenvalue weighted by atomic mass is 19.4. The monoisotopic (exact) mass is 740 g/mol. The molecule has 0 saturated heterocycles. The van der Waals surface area contributed by atoms with Crippen LogP contribution in [0.5, 0.6) is 5.75 Å². The first-order valence-corrected chi connectivity index (χ1v) is 16.0. The van der Waals surface area contributed by atoms with Crippen molar-refractivity contribution in [3.05, 3.63) is 65.7 Å². The van der Waals surface area contributed by atoms with Gasteiger partial charge in [-0.15, -0.1) is 0 Å². The van der Waals surface area contributed by atoms with Crippen LogP contribution in [0.4, 0.5) is 13.2 Å². The van der Waals surface area contributed by atoms with E-state index in [1.807, 2.05) is 0 Å². The molecule has 0 unspecified atom stereocenters. The fraction of sp³-hybridized carbons (Fsp3) is 0.455. The maximum Gasteiger partial charge on any atom is 0.416 e. The van der Waals surface area contributed by atoms with Crippen LogP contribution in [0.2, 0.25) is 0 Å². The molecule has 0 bridgehead atoms. The summed E-state index contributed by atoms with van der Waals surface area (Å²) in [7, 11) is 0. The molecule has 0 radical (unpaired) electrons. The van der Waals surface area contributed by atoms with E-state index in [0.717, 1.165) is 0 Å². The van der Waals surface area contributed by atoms with Gasteiger partial charge in [0, 0.05) is 6.42 Å². The van der Waals surface area contributed by atoms with Crippen LogP contribution >= 0.6 is 0 Å². The molecule has 2 aromatic rings. The van der Waals surface area contributed by atoms with Gasteiger partial charge in [0.2, 0.25) is 29.5 Å². The van der Waals surface area contributed by atoms with Crippen LogP contribution < -0.4 is 32.3 Å². The number of carboxylic acids is 1. The molecule has 6 atom stereocenters. The summed E-state index contributed by atoms with van der Waals surface area (Å²) in [5.41, 5.74) is 7.05. The predicted octanol–water partition coefficient (Wildman–Crippen LogP) is -1.39. The molecule has 5 amide bonds. The third-order valence-electron chi connectivity index (χ3n) is 7.46. The number of phenolic OH excluding ortho intramolecular Hbond substituents is 1. The number of hydrogen-bond donors (Lipinski definition) is 10. The zero-order chi connectivity index (χ0) is 39.2. The second-order valence-electron chi connectivity index (χ2n) is 12.3. The van der Waals surface area contributed by atoms with E-state index in [-0.39, 0.29) is 30.9 Å². The third-order valence-corrected chi connectivity index (χ3v) is 7.46. The Kier molecular flexibility index (Phi) is 16.5. The molecule has 286 valence electrons. The van der Waals surface area contributed by atoms with Crippen LogP contribution in [0.25, 0.3) is 0 Å². The number of aromatic hydroxyl groups is 1. The molecule has 2 aromatic carbocycles. The van der Waals surface area contributed by atoms with Gasteiger partial charge in [0.25, 0.3) is 0 Å². The van der Waals surface area contributed by atoms with Crippen molar-refractivity contribution in [2.24, 2.45) is 11.7 Å². The number of alkyl halides is 3. The maximum absolute atomic E-state index is 13.5. The van der Waals surface area contributed by atoms with E-state index >= 15 is 0 Å². The fourth-order valence-corrected chi connectivity index (χ4v) is 4.74. The lowest BCUT2D eigenvalue weighted by Crippen LogP contribution is -2.60. The van der Waals surface area contributed by atoms with Gasteiger partial charge in [0.05, 0.1) is 19.2 Å². The van der Waals surface area contributed by atoms with Gasteiger partial charge >= 0.3 is 12.1 Å². The van der Waals surface area contributed by atoms with Gasteiger partial charge in [-0.2, -0.15) is 13.2 Å². The van der Waals surface area contributed by atoms with Crippen LogP contribution in [-0.4, -0.2) is 112 Å². The summed E-state index contributed by atoms with van der Waals surface area (Å²) in [5, 5.41) is 48.7. The number of aliphatic carboxylic acids is 1. The summed E-state index contributed by atoms with van der Waals surface area (Å²) in [6, 6.07) is 5.59. The smallest absolute Gasteiger partial charge is 0.416 e. The molecule has 0 aliphatic heterocycles. The molecule has 0 aromatic heterocycles. The van der Waals surface area contributed by atoms with Crippen LogP contribution in [0.1, 0.15) is 31.4 Å². The van der Waals surface area contributed by atoms with Crippen LogP contribution in [0.15, 0.2) is 54.6 Å². The third kappa shape index (κ3) is 14.2. The number of benzene rings is 2. The van der Waals surface area contributed by atoms with Crippen LogP contribution in [0, 0.1) is 5.92 Å². The molecule has 0 aliphatic rings. The zero-order valence-corrected chi connectivity index (χ0v) is 28.2. The molecule has 16 nitrogen and oxygen atoms in total. The number of halogens is 3. The van der Waals surface area contributed by atoms with E-state index in [9.17, 15) is 62.4 Å². The van der Waals surface area contributed by atoms with Crippen LogP contribution in [0.3, 0.4) is 0 Å². The summed E-state index contributed by atoms with van der Waals surface area (Å²) < 4.78 is 39.2. The number of rotatable bonds is 19. The molecule has 0 heterocycles. The summed E-state index contributed by atoms with van der Waals surface area (Å²) >= 11 is 0. The molecule has 2 rings (SSSR count). The number of nitrogens with two attached hydrogens (primary N) is 1. The minimum atomic E-state index is -5.39. The Hall–Kier alpha value is -5.27. The molecule has 0 fully saturated rings. The van der Waals surface area contributed by atoms with Gasteiger partial charge in [-0.25, -0.2) is 4.79 Å². The number of carbonyl (C=O) groups is 6. The second kappa shape index (κ2) is 19.9. The highest BCUT2D eigenvalue weighted by molar-refractivity contribution is 5.95. The highest BCUT2D eigenvalue weighted by Gasteiger charge is 2.48. The Balaban J connectivity index is 2.13. The summed E-state index contributed by atoms with van der Waals surface area (Å²) in [6.07, 6.45) is -9.15. The van der Waals surface area contributed by atoms with E-state index < -0.39 is 91.1 Å². The molecule has 52 heavy (non-hydrogen) atoms. The average molecular weight is 741 g/mol. The van der Waals surface area contributed by atoms with Crippen molar-refractivity contribution >= 4 is 35.5 Å².